The number of pyridine rings is 1. The molecule has 0 aliphatic carbocycles. The molecule has 0 radical (unpaired) electrons. The highest BCUT2D eigenvalue weighted by Gasteiger charge is 2.46. The van der Waals surface area contributed by atoms with Gasteiger partial charge in [0.05, 0.1) is 37.3 Å². The zero-order chi connectivity index (χ0) is 27.3. The lowest BCUT2D eigenvalue weighted by Crippen LogP contribution is -2.31. The molecule has 1 unspecified atom stereocenters. The van der Waals surface area contributed by atoms with Gasteiger partial charge in [-0.25, -0.2) is 9.97 Å². The van der Waals surface area contributed by atoms with Crippen LogP contribution in [-0.4, -0.2) is 36.7 Å². The first-order valence-electron chi connectivity index (χ1n) is 11.6. The number of hydrogen-bond donors (Lipinski definition) is 1. The van der Waals surface area contributed by atoms with Gasteiger partial charge in [0.15, 0.2) is 10.9 Å². The molecule has 1 aliphatic heterocycles. The van der Waals surface area contributed by atoms with E-state index in [9.17, 15) is 24.8 Å². The Morgan fingerprint density at radius 3 is 2.59 bits per heavy atom. The average molecular weight is 556 g/mol. The van der Waals surface area contributed by atoms with Gasteiger partial charge in [-0.15, -0.1) is 11.3 Å². The number of amides is 1. The second-order valence-corrected chi connectivity index (χ2v) is 10.7. The number of hydrogen-bond acceptors (Lipinski definition) is 10. The van der Waals surface area contributed by atoms with Crippen LogP contribution in [0.5, 0.6) is 0 Å². The number of aliphatic hydroxyl groups excluding tert-OH is 1. The van der Waals surface area contributed by atoms with Gasteiger partial charge >= 0.3 is 0 Å². The van der Waals surface area contributed by atoms with Crippen LogP contribution in [0.4, 0.5) is 10.8 Å². The van der Waals surface area contributed by atoms with Gasteiger partial charge in [0.1, 0.15) is 5.01 Å². The number of aromatic nitrogens is 3. The van der Waals surface area contributed by atoms with Gasteiger partial charge in [-0.2, -0.15) is 0 Å². The van der Waals surface area contributed by atoms with Crippen molar-refractivity contribution in [2.45, 2.75) is 13.0 Å². The third-order valence-electron chi connectivity index (χ3n) is 6.25. The molecule has 5 aromatic rings. The Kier molecular flexibility index (Phi) is 5.97. The molecular formula is C27H17N5O5S2. The summed E-state index contributed by atoms with van der Waals surface area (Å²) in [6, 6.07) is 16.0. The van der Waals surface area contributed by atoms with E-state index in [0.29, 0.717) is 31.4 Å². The summed E-state index contributed by atoms with van der Waals surface area (Å²) in [4.78, 5) is 53.0. The molecule has 0 saturated carbocycles. The Hall–Kier alpha value is -4.81. The molecule has 1 aliphatic rings. The number of fused-ring (bicyclic) bond motifs is 1. The summed E-state index contributed by atoms with van der Waals surface area (Å²) in [5, 5.41) is 23.2. The summed E-state index contributed by atoms with van der Waals surface area (Å²) < 4.78 is 0.488. The molecule has 0 saturated heterocycles. The number of Topliss-reactive ketones (excluding diaryl/α,β-unsaturated/α-hetero) is 1. The van der Waals surface area contributed by atoms with E-state index in [-0.39, 0.29) is 16.4 Å². The molecule has 1 N–H and O–H groups in total. The first kappa shape index (κ1) is 24.5. The van der Waals surface area contributed by atoms with E-state index in [1.165, 1.54) is 40.6 Å². The number of nitrogens with zero attached hydrogens (tertiary/aromatic N) is 5. The number of thiazole rings is 2. The highest BCUT2D eigenvalue weighted by Crippen LogP contribution is 2.45. The molecular weight excluding hydrogens is 538 g/mol. The molecule has 6 rings (SSSR count). The maximum absolute atomic E-state index is 14.0. The second kappa shape index (κ2) is 9.49. The summed E-state index contributed by atoms with van der Waals surface area (Å²) in [6.45, 7) is 1.71. The lowest BCUT2D eigenvalue weighted by Gasteiger charge is -2.24. The van der Waals surface area contributed by atoms with Crippen molar-refractivity contribution >= 4 is 55.4 Å². The number of anilines is 1. The van der Waals surface area contributed by atoms with E-state index >= 15 is 0 Å². The van der Waals surface area contributed by atoms with Crippen LogP contribution in [-0.2, 0) is 4.79 Å². The highest BCUT2D eigenvalue weighted by molar-refractivity contribution is 7.22. The number of nitro benzene ring substituents is 1. The molecule has 0 fully saturated rings. The summed E-state index contributed by atoms with van der Waals surface area (Å²) in [5.41, 5.74) is 2.05. The fourth-order valence-electron chi connectivity index (χ4n) is 4.44. The van der Waals surface area contributed by atoms with E-state index in [1.54, 1.807) is 25.3 Å². The quantitative estimate of drug-likeness (QED) is 0.157. The normalized spacial score (nSPS) is 15.4. The van der Waals surface area contributed by atoms with Crippen molar-refractivity contribution in [2.75, 3.05) is 4.90 Å². The smallest absolute Gasteiger partial charge is 0.296 e. The van der Waals surface area contributed by atoms with Gasteiger partial charge in [-0.3, -0.25) is 29.6 Å². The number of carbonyl (C=O) groups excluding carboxylic acids is 2. The molecule has 0 bridgehead atoms. The first-order valence-corrected chi connectivity index (χ1v) is 13.3. The number of ketones is 1. The SMILES string of the molecule is Cc1nc(-c2ccccc2)sc1C(=O)C1=C(O)C(=O)N(c2nc3ccc([N+](=O)[O-])cc3s2)C1c1cccnc1. The standard InChI is InChI=1S/C27H17N5O5S2/c1-14-24(39-25(29-14)15-6-3-2-4-7-15)22(33)20-21(16-8-5-11-28-13-16)31(26(35)23(20)34)27-30-18-10-9-17(32(36)37)12-19(18)38-27/h2-13,21,34H,1H3. The van der Waals surface area contributed by atoms with Crippen LogP contribution in [0.25, 0.3) is 20.8 Å². The van der Waals surface area contributed by atoms with Crippen LogP contribution >= 0.6 is 22.7 Å². The molecule has 1 atom stereocenters. The molecule has 10 nitrogen and oxygen atoms in total. The molecule has 192 valence electrons. The number of nitro groups is 1. The Bertz CT molecular complexity index is 1810. The lowest BCUT2D eigenvalue weighted by molar-refractivity contribution is -0.384. The fraction of sp³-hybridized carbons (Fsp3) is 0.0741. The van der Waals surface area contributed by atoms with Gasteiger partial charge in [0.25, 0.3) is 11.6 Å². The van der Waals surface area contributed by atoms with Crippen molar-refractivity contribution in [1.82, 2.24) is 15.0 Å². The van der Waals surface area contributed by atoms with Gasteiger partial charge in [-0.05, 0) is 24.6 Å². The third-order valence-corrected chi connectivity index (χ3v) is 8.48. The first-order chi connectivity index (χ1) is 18.8. The van der Waals surface area contributed by atoms with Crippen molar-refractivity contribution < 1.29 is 19.6 Å². The second-order valence-electron chi connectivity index (χ2n) is 8.66. The van der Waals surface area contributed by atoms with Crippen LogP contribution in [0, 0.1) is 17.0 Å². The van der Waals surface area contributed by atoms with Crippen LogP contribution in [0.3, 0.4) is 0 Å². The molecule has 1 amide bonds. The highest BCUT2D eigenvalue weighted by atomic mass is 32.1. The van der Waals surface area contributed by atoms with Crippen molar-refractivity contribution in [2.24, 2.45) is 0 Å². The van der Waals surface area contributed by atoms with Crippen LogP contribution < -0.4 is 4.90 Å². The average Bonchev–Trinajstić information content (AvgIpc) is 3.62. The zero-order valence-corrected chi connectivity index (χ0v) is 21.8. The summed E-state index contributed by atoms with van der Waals surface area (Å²) in [5.74, 6) is -2.01. The Morgan fingerprint density at radius 1 is 1.08 bits per heavy atom. The van der Waals surface area contributed by atoms with Crippen molar-refractivity contribution in [3.8, 4) is 10.6 Å². The molecule has 39 heavy (non-hydrogen) atoms. The minimum absolute atomic E-state index is 0.107. The Morgan fingerprint density at radius 2 is 1.87 bits per heavy atom. The lowest BCUT2D eigenvalue weighted by atomic mass is 9.96. The number of benzene rings is 2. The Balaban J connectivity index is 1.46. The number of rotatable bonds is 6. The number of carbonyl (C=O) groups is 2. The van der Waals surface area contributed by atoms with E-state index in [2.05, 4.69) is 15.0 Å². The number of non-ortho nitro benzene ring substituents is 1. The van der Waals surface area contributed by atoms with Crippen molar-refractivity contribution in [3.63, 3.8) is 0 Å². The predicted molar refractivity (Wildman–Crippen MR) is 147 cm³/mol. The molecule has 2 aromatic carbocycles. The van der Waals surface area contributed by atoms with E-state index in [4.69, 9.17) is 0 Å². The Labute approximate surface area is 228 Å². The minimum Gasteiger partial charge on any atom is -0.503 e. The summed E-state index contributed by atoms with van der Waals surface area (Å²) in [7, 11) is 0. The number of aliphatic hydroxyl groups is 1. The van der Waals surface area contributed by atoms with Crippen LogP contribution in [0.15, 0.2) is 84.4 Å². The maximum atomic E-state index is 14.0. The van der Waals surface area contributed by atoms with Crippen molar-refractivity contribution in [3.05, 3.63) is 111 Å². The van der Waals surface area contributed by atoms with Crippen molar-refractivity contribution in [1.29, 1.82) is 0 Å². The third kappa shape index (κ3) is 4.15. The largest absolute Gasteiger partial charge is 0.503 e. The molecule has 0 spiro atoms. The van der Waals surface area contributed by atoms with Gasteiger partial charge in [-0.1, -0.05) is 47.7 Å². The van der Waals surface area contributed by atoms with Crippen LogP contribution in [0.2, 0.25) is 0 Å². The van der Waals surface area contributed by atoms with Crippen LogP contribution in [0.1, 0.15) is 27.0 Å². The van der Waals surface area contributed by atoms with E-state index in [1.807, 2.05) is 30.3 Å². The fourth-order valence-corrected chi connectivity index (χ4v) is 6.49. The molecule has 12 heteroatoms. The van der Waals surface area contributed by atoms with Gasteiger partial charge in [0, 0.05) is 30.1 Å². The minimum atomic E-state index is -1.02. The maximum Gasteiger partial charge on any atom is 0.296 e. The predicted octanol–water partition coefficient (Wildman–Crippen LogP) is 5.81. The number of aryl methyl sites for hydroxylation is 1. The molecule has 4 heterocycles. The summed E-state index contributed by atoms with van der Waals surface area (Å²) in [6.07, 6.45) is 3.08. The van der Waals surface area contributed by atoms with Gasteiger partial charge < -0.3 is 5.11 Å². The van der Waals surface area contributed by atoms with E-state index in [0.717, 1.165) is 16.9 Å². The topological polar surface area (TPSA) is 139 Å². The molecule has 3 aromatic heterocycles. The monoisotopic (exact) mass is 555 g/mol. The van der Waals surface area contributed by atoms with Gasteiger partial charge in [0.2, 0.25) is 5.78 Å². The zero-order valence-electron chi connectivity index (χ0n) is 20.1. The summed E-state index contributed by atoms with van der Waals surface area (Å²) >= 11 is 2.24. The van der Waals surface area contributed by atoms with E-state index < -0.39 is 28.4 Å².